The number of carbonyl (C=O) groups is 1. The summed E-state index contributed by atoms with van der Waals surface area (Å²) in [4.78, 5) is 21.3. The van der Waals surface area contributed by atoms with E-state index in [9.17, 15) is 14.9 Å². The van der Waals surface area contributed by atoms with Gasteiger partial charge in [0.15, 0.2) is 0 Å². The largest absolute Gasteiger partial charge is 0.481 e. The van der Waals surface area contributed by atoms with Crippen LogP contribution in [0.4, 0.5) is 5.69 Å². The number of aliphatic carboxylic acids is 1. The van der Waals surface area contributed by atoms with E-state index in [1.165, 1.54) is 12.1 Å². The Bertz CT molecular complexity index is 442. The second-order valence-corrected chi connectivity index (χ2v) is 4.80. The number of carboxylic acid groups (broad SMARTS) is 1. The maximum absolute atomic E-state index is 11.1. The van der Waals surface area contributed by atoms with Gasteiger partial charge in [0.1, 0.15) is 0 Å². The molecule has 1 N–H and O–H groups in total. The van der Waals surface area contributed by atoms with Crippen LogP contribution in [0.2, 0.25) is 0 Å². The topological polar surface area (TPSA) is 80.4 Å². The lowest BCUT2D eigenvalue weighted by Gasteiger charge is -2.14. The van der Waals surface area contributed by atoms with Crippen LogP contribution in [0.15, 0.2) is 24.3 Å². The van der Waals surface area contributed by atoms with Gasteiger partial charge >= 0.3 is 5.97 Å². The molecule has 18 heavy (non-hydrogen) atoms. The van der Waals surface area contributed by atoms with E-state index in [4.69, 9.17) is 5.11 Å². The van der Waals surface area contributed by atoms with Crippen molar-refractivity contribution >= 4 is 11.7 Å². The number of nitro benzene ring substituents is 1. The molecule has 0 spiro atoms. The van der Waals surface area contributed by atoms with Gasteiger partial charge < -0.3 is 5.11 Å². The Balaban J connectivity index is 2.83. The van der Waals surface area contributed by atoms with E-state index >= 15 is 0 Å². The maximum Gasteiger partial charge on any atom is 0.306 e. The molecule has 98 valence electrons. The molecule has 0 aromatic heterocycles. The first-order valence-corrected chi connectivity index (χ1v) is 5.86. The van der Waals surface area contributed by atoms with Crippen LogP contribution >= 0.6 is 0 Å². The fourth-order valence-corrected chi connectivity index (χ4v) is 1.92. The van der Waals surface area contributed by atoms with Crippen LogP contribution in [0, 0.1) is 22.0 Å². The molecule has 1 aromatic carbocycles. The van der Waals surface area contributed by atoms with E-state index in [0.717, 1.165) is 0 Å². The molecule has 0 radical (unpaired) electrons. The van der Waals surface area contributed by atoms with Crippen LogP contribution in [0.1, 0.15) is 25.8 Å². The third-order valence-corrected chi connectivity index (χ3v) is 2.71. The van der Waals surface area contributed by atoms with E-state index in [2.05, 4.69) is 0 Å². The van der Waals surface area contributed by atoms with Gasteiger partial charge in [0.25, 0.3) is 5.69 Å². The average Bonchev–Trinajstić information content (AvgIpc) is 2.27. The molecule has 0 heterocycles. The van der Waals surface area contributed by atoms with E-state index in [1.54, 1.807) is 12.1 Å². The van der Waals surface area contributed by atoms with Crippen LogP contribution < -0.4 is 0 Å². The highest BCUT2D eigenvalue weighted by Crippen LogP contribution is 2.20. The molecule has 1 unspecified atom stereocenters. The third-order valence-electron chi connectivity index (χ3n) is 2.71. The lowest BCUT2D eigenvalue weighted by molar-refractivity contribution is -0.384. The molecular formula is C13H17NO4. The van der Waals surface area contributed by atoms with Gasteiger partial charge in [-0.05, 0) is 24.3 Å². The molecule has 5 heteroatoms. The number of non-ortho nitro benzene ring substituents is 1. The highest BCUT2D eigenvalue weighted by Gasteiger charge is 2.20. The average molecular weight is 251 g/mol. The molecule has 0 amide bonds. The van der Waals surface area contributed by atoms with Crippen LogP contribution in [-0.4, -0.2) is 16.0 Å². The van der Waals surface area contributed by atoms with Gasteiger partial charge in [0, 0.05) is 12.1 Å². The molecule has 0 saturated carbocycles. The van der Waals surface area contributed by atoms with Crippen LogP contribution in [0.5, 0.6) is 0 Å². The van der Waals surface area contributed by atoms with Crippen molar-refractivity contribution < 1.29 is 14.8 Å². The molecule has 0 aliphatic rings. The number of nitro groups is 1. The third kappa shape index (κ3) is 4.16. The van der Waals surface area contributed by atoms with Gasteiger partial charge in [0.2, 0.25) is 0 Å². The van der Waals surface area contributed by atoms with E-state index in [0.29, 0.717) is 18.4 Å². The summed E-state index contributed by atoms with van der Waals surface area (Å²) in [6, 6.07) is 6.16. The maximum atomic E-state index is 11.1. The SMILES string of the molecule is CC(C)CC(Cc1cccc([N+](=O)[O-])c1)C(=O)O. The second-order valence-electron chi connectivity index (χ2n) is 4.80. The van der Waals surface area contributed by atoms with Crippen LogP contribution in [0.25, 0.3) is 0 Å². The first-order chi connectivity index (χ1) is 8.40. The Morgan fingerprint density at radius 2 is 2.11 bits per heavy atom. The predicted octanol–water partition coefficient (Wildman–Crippen LogP) is 2.88. The molecule has 1 aromatic rings. The minimum atomic E-state index is -0.852. The molecule has 0 bridgehead atoms. The number of hydrogen-bond donors (Lipinski definition) is 1. The van der Waals surface area contributed by atoms with Crippen LogP contribution in [-0.2, 0) is 11.2 Å². The molecule has 5 nitrogen and oxygen atoms in total. The molecule has 0 saturated heterocycles. The predicted molar refractivity (Wildman–Crippen MR) is 67.4 cm³/mol. The Labute approximate surface area is 106 Å². The summed E-state index contributed by atoms with van der Waals surface area (Å²) in [6.07, 6.45) is 0.896. The first-order valence-electron chi connectivity index (χ1n) is 5.86. The molecule has 1 rings (SSSR count). The minimum absolute atomic E-state index is 0.00110. The van der Waals surface area contributed by atoms with E-state index < -0.39 is 16.8 Å². The number of hydrogen-bond acceptors (Lipinski definition) is 3. The lowest BCUT2D eigenvalue weighted by Crippen LogP contribution is -2.18. The van der Waals surface area contributed by atoms with Gasteiger partial charge in [-0.25, -0.2) is 0 Å². The Hall–Kier alpha value is -1.91. The molecule has 1 atom stereocenters. The normalized spacial score (nSPS) is 12.4. The van der Waals surface area contributed by atoms with Crippen molar-refractivity contribution in [2.45, 2.75) is 26.7 Å². The summed E-state index contributed by atoms with van der Waals surface area (Å²) >= 11 is 0. The monoisotopic (exact) mass is 251 g/mol. The van der Waals surface area contributed by atoms with Crippen molar-refractivity contribution in [2.75, 3.05) is 0 Å². The molecular weight excluding hydrogens is 234 g/mol. The lowest BCUT2D eigenvalue weighted by atomic mass is 9.91. The van der Waals surface area contributed by atoms with Gasteiger partial charge in [-0.2, -0.15) is 0 Å². The molecule has 0 aliphatic carbocycles. The Morgan fingerprint density at radius 3 is 2.61 bits per heavy atom. The Morgan fingerprint density at radius 1 is 1.44 bits per heavy atom. The highest BCUT2D eigenvalue weighted by atomic mass is 16.6. The number of nitrogens with zero attached hydrogens (tertiary/aromatic N) is 1. The van der Waals surface area contributed by atoms with Crippen molar-refractivity contribution in [1.82, 2.24) is 0 Å². The summed E-state index contributed by atoms with van der Waals surface area (Å²) in [6.45, 7) is 3.92. The smallest absolute Gasteiger partial charge is 0.306 e. The summed E-state index contributed by atoms with van der Waals surface area (Å²) < 4.78 is 0. The van der Waals surface area contributed by atoms with Crippen molar-refractivity contribution in [3.8, 4) is 0 Å². The van der Waals surface area contributed by atoms with Gasteiger partial charge in [-0.15, -0.1) is 0 Å². The zero-order chi connectivity index (χ0) is 13.7. The van der Waals surface area contributed by atoms with Crippen molar-refractivity contribution in [3.05, 3.63) is 39.9 Å². The van der Waals surface area contributed by atoms with E-state index in [-0.39, 0.29) is 11.6 Å². The Kier molecular flexibility index (Phi) is 4.83. The zero-order valence-corrected chi connectivity index (χ0v) is 10.5. The zero-order valence-electron chi connectivity index (χ0n) is 10.5. The van der Waals surface area contributed by atoms with Crippen molar-refractivity contribution in [1.29, 1.82) is 0 Å². The summed E-state index contributed by atoms with van der Waals surface area (Å²) in [5.74, 6) is -1.06. The second kappa shape index (κ2) is 6.14. The fraction of sp³-hybridized carbons (Fsp3) is 0.462. The van der Waals surface area contributed by atoms with Crippen molar-refractivity contribution in [3.63, 3.8) is 0 Å². The molecule has 0 aliphatic heterocycles. The summed E-state index contributed by atoms with van der Waals surface area (Å²) in [5.41, 5.74) is 0.693. The molecule has 0 fully saturated rings. The quantitative estimate of drug-likeness (QED) is 0.622. The standard InChI is InChI=1S/C13H17NO4/c1-9(2)6-11(13(15)16)7-10-4-3-5-12(8-10)14(17)18/h3-5,8-9,11H,6-7H2,1-2H3,(H,15,16). The van der Waals surface area contributed by atoms with Crippen molar-refractivity contribution in [2.24, 2.45) is 11.8 Å². The highest BCUT2D eigenvalue weighted by molar-refractivity contribution is 5.70. The van der Waals surface area contributed by atoms with E-state index in [1.807, 2.05) is 13.8 Å². The van der Waals surface area contributed by atoms with Gasteiger partial charge in [-0.1, -0.05) is 26.0 Å². The minimum Gasteiger partial charge on any atom is -0.481 e. The fourth-order valence-electron chi connectivity index (χ4n) is 1.92. The summed E-state index contributed by atoms with van der Waals surface area (Å²) in [5, 5.41) is 19.8. The number of benzene rings is 1. The first kappa shape index (κ1) is 14.2. The number of rotatable bonds is 6. The number of carboxylic acids is 1. The van der Waals surface area contributed by atoms with Crippen LogP contribution in [0.3, 0.4) is 0 Å². The summed E-state index contributed by atoms with van der Waals surface area (Å²) in [7, 11) is 0. The van der Waals surface area contributed by atoms with Gasteiger partial charge in [0.05, 0.1) is 10.8 Å². The van der Waals surface area contributed by atoms with Gasteiger partial charge in [-0.3, -0.25) is 14.9 Å².